The van der Waals surface area contributed by atoms with Gasteiger partial charge in [-0.3, -0.25) is 14.8 Å². The molecule has 2 rings (SSSR count). The molecule has 1 aromatic heterocycles. The number of nitrogens with one attached hydrogen (secondary N) is 1. The van der Waals surface area contributed by atoms with Crippen molar-refractivity contribution >= 4 is 42.3 Å². The fourth-order valence-corrected chi connectivity index (χ4v) is 2.37. The molecule has 132 valence electrons. The van der Waals surface area contributed by atoms with Gasteiger partial charge in [0.05, 0.1) is 11.9 Å². The predicted octanol–water partition coefficient (Wildman–Crippen LogP) is 3.13. The highest BCUT2D eigenvalue weighted by atomic mass is 35.5. The van der Waals surface area contributed by atoms with Gasteiger partial charge in [0.15, 0.2) is 0 Å². The number of hydrogen-bond acceptors (Lipinski definition) is 4. The van der Waals surface area contributed by atoms with Crippen molar-refractivity contribution in [1.29, 1.82) is 0 Å². The first-order valence-corrected chi connectivity index (χ1v) is 7.43. The first-order valence-electron chi connectivity index (χ1n) is 7.05. The SMILES string of the molecule is CNCCC(=O)N(C)C(c1ccc(Cl)cc1)c1cnccn1.Cl.Cl. The number of nitrogens with zero attached hydrogens (tertiary/aromatic N) is 3. The van der Waals surface area contributed by atoms with E-state index in [4.69, 9.17) is 11.6 Å². The highest BCUT2D eigenvalue weighted by Gasteiger charge is 2.24. The number of benzene rings is 1. The molecule has 1 N–H and O–H groups in total. The smallest absolute Gasteiger partial charge is 0.224 e. The second-order valence-electron chi connectivity index (χ2n) is 4.94. The van der Waals surface area contributed by atoms with Gasteiger partial charge in [-0.1, -0.05) is 23.7 Å². The van der Waals surface area contributed by atoms with Crippen molar-refractivity contribution in [2.75, 3.05) is 20.6 Å². The van der Waals surface area contributed by atoms with Crippen LogP contribution in [0, 0.1) is 0 Å². The van der Waals surface area contributed by atoms with Crippen LogP contribution in [0.15, 0.2) is 42.9 Å². The summed E-state index contributed by atoms with van der Waals surface area (Å²) in [6.45, 7) is 0.636. The number of rotatable bonds is 6. The van der Waals surface area contributed by atoms with Crippen LogP contribution in [-0.4, -0.2) is 41.4 Å². The van der Waals surface area contributed by atoms with E-state index in [1.807, 2.05) is 31.3 Å². The molecule has 2 aromatic rings. The summed E-state index contributed by atoms with van der Waals surface area (Å²) in [5.41, 5.74) is 1.68. The van der Waals surface area contributed by atoms with Gasteiger partial charge in [0.2, 0.25) is 5.91 Å². The number of carbonyl (C=O) groups is 1. The maximum absolute atomic E-state index is 12.4. The van der Waals surface area contributed by atoms with Crippen LogP contribution in [0.1, 0.15) is 23.7 Å². The Morgan fingerprint density at radius 1 is 1.25 bits per heavy atom. The van der Waals surface area contributed by atoms with E-state index in [0.29, 0.717) is 18.0 Å². The molecule has 1 aromatic carbocycles. The Kier molecular flexibility index (Phi) is 10.6. The van der Waals surface area contributed by atoms with E-state index in [1.165, 1.54) is 0 Å². The van der Waals surface area contributed by atoms with E-state index in [9.17, 15) is 4.79 Å². The molecule has 8 heteroatoms. The summed E-state index contributed by atoms with van der Waals surface area (Å²) in [6.07, 6.45) is 5.36. The van der Waals surface area contributed by atoms with Gasteiger partial charge in [-0.15, -0.1) is 24.8 Å². The summed E-state index contributed by atoms with van der Waals surface area (Å²) in [5.74, 6) is 0.0416. The van der Waals surface area contributed by atoms with Gasteiger partial charge in [0.25, 0.3) is 0 Å². The minimum absolute atomic E-state index is 0. The summed E-state index contributed by atoms with van der Waals surface area (Å²) in [7, 11) is 3.61. The molecule has 1 unspecified atom stereocenters. The summed E-state index contributed by atoms with van der Waals surface area (Å²) in [5, 5.41) is 3.64. The van der Waals surface area contributed by atoms with Crippen molar-refractivity contribution in [3.05, 3.63) is 59.1 Å². The third-order valence-electron chi connectivity index (χ3n) is 3.42. The van der Waals surface area contributed by atoms with Crippen LogP contribution in [-0.2, 0) is 4.79 Å². The highest BCUT2D eigenvalue weighted by molar-refractivity contribution is 6.30. The van der Waals surface area contributed by atoms with Crippen LogP contribution in [0.25, 0.3) is 0 Å². The highest BCUT2D eigenvalue weighted by Crippen LogP contribution is 2.27. The molecule has 1 heterocycles. The molecule has 0 radical (unpaired) electrons. The van der Waals surface area contributed by atoms with Gasteiger partial charge in [0, 0.05) is 37.4 Å². The number of halogens is 3. The first-order chi connectivity index (χ1) is 10.6. The van der Waals surface area contributed by atoms with E-state index in [0.717, 1.165) is 11.3 Å². The maximum atomic E-state index is 12.4. The second kappa shape index (κ2) is 11.2. The van der Waals surface area contributed by atoms with Crippen LogP contribution in [0.2, 0.25) is 5.02 Å². The van der Waals surface area contributed by atoms with Gasteiger partial charge in [-0.2, -0.15) is 0 Å². The largest absolute Gasteiger partial charge is 0.333 e. The van der Waals surface area contributed by atoms with Crippen molar-refractivity contribution in [1.82, 2.24) is 20.2 Å². The molecule has 0 saturated heterocycles. The molecule has 0 aliphatic heterocycles. The zero-order chi connectivity index (χ0) is 15.9. The topological polar surface area (TPSA) is 58.1 Å². The molecule has 1 atom stereocenters. The van der Waals surface area contributed by atoms with E-state index in [2.05, 4.69) is 15.3 Å². The number of carbonyl (C=O) groups excluding carboxylic acids is 1. The molecule has 0 bridgehead atoms. The summed E-state index contributed by atoms with van der Waals surface area (Å²) < 4.78 is 0. The van der Waals surface area contributed by atoms with Gasteiger partial charge in [0.1, 0.15) is 6.04 Å². The maximum Gasteiger partial charge on any atom is 0.224 e. The fourth-order valence-electron chi connectivity index (χ4n) is 2.24. The third kappa shape index (κ3) is 5.91. The van der Waals surface area contributed by atoms with Crippen molar-refractivity contribution in [2.24, 2.45) is 0 Å². The summed E-state index contributed by atoms with van der Waals surface area (Å²) in [6, 6.07) is 7.15. The molecule has 0 spiro atoms. The van der Waals surface area contributed by atoms with Crippen molar-refractivity contribution in [2.45, 2.75) is 12.5 Å². The van der Waals surface area contributed by atoms with Crippen molar-refractivity contribution < 1.29 is 4.79 Å². The zero-order valence-corrected chi connectivity index (χ0v) is 15.9. The van der Waals surface area contributed by atoms with Crippen LogP contribution in [0.5, 0.6) is 0 Å². The zero-order valence-electron chi connectivity index (χ0n) is 13.5. The summed E-state index contributed by atoms with van der Waals surface area (Å²) >= 11 is 5.96. The van der Waals surface area contributed by atoms with Crippen LogP contribution < -0.4 is 5.32 Å². The predicted molar refractivity (Wildman–Crippen MR) is 101 cm³/mol. The van der Waals surface area contributed by atoms with E-state index in [-0.39, 0.29) is 36.8 Å². The lowest BCUT2D eigenvalue weighted by Crippen LogP contribution is -2.34. The van der Waals surface area contributed by atoms with Gasteiger partial charge >= 0.3 is 0 Å². The standard InChI is InChI=1S/C16H19ClN4O.2ClH/c1-18-8-7-15(22)21(2)16(14-11-19-9-10-20-14)12-3-5-13(17)6-4-12;;/h3-6,9-11,16,18H,7-8H2,1-2H3;2*1H. The fraction of sp³-hybridized carbons (Fsp3) is 0.312. The van der Waals surface area contributed by atoms with Gasteiger partial charge < -0.3 is 10.2 Å². The Morgan fingerprint density at radius 2 is 1.92 bits per heavy atom. The molecule has 0 fully saturated rings. The normalized spacial score (nSPS) is 11.0. The minimum atomic E-state index is -0.282. The minimum Gasteiger partial charge on any atom is -0.333 e. The van der Waals surface area contributed by atoms with E-state index < -0.39 is 0 Å². The average molecular weight is 392 g/mol. The lowest BCUT2D eigenvalue weighted by atomic mass is 10.0. The van der Waals surface area contributed by atoms with Crippen LogP contribution in [0.3, 0.4) is 0 Å². The lowest BCUT2D eigenvalue weighted by Gasteiger charge is -2.28. The molecule has 1 amide bonds. The Balaban J connectivity index is 0.00000264. The lowest BCUT2D eigenvalue weighted by molar-refractivity contribution is -0.131. The van der Waals surface area contributed by atoms with Gasteiger partial charge in [-0.05, 0) is 24.7 Å². The van der Waals surface area contributed by atoms with Gasteiger partial charge in [-0.25, -0.2) is 0 Å². The van der Waals surface area contributed by atoms with Crippen LogP contribution in [0.4, 0.5) is 0 Å². The molecule has 0 aliphatic rings. The third-order valence-corrected chi connectivity index (χ3v) is 3.67. The van der Waals surface area contributed by atoms with E-state index >= 15 is 0 Å². The molecule has 0 aliphatic carbocycles. The quantitative estimate of drug-likeness (QED) is 0.822. The van der Waals surface area contributed by atoms with Crippen molar-refractivity contribution in [3.63, 3.8) is 0 Å². The average Bonchev–Trinajstić information content (AvgIpc) is 2.55. The number of hydrogen-bond donors (Lipinski definition) is 1. The van der Waals surface area contributed by atoms with E-state index in [1.54, 1.807) is 30.5 Å². The Bertz CT molecular complexity index is 610. The first kappa shape index (κ1) is 22.6. The molecular weight excluding hydrogens is 371 g/mol. The van der Waals surface area contributed by atoms with Crippen LogP contribution >= 0.6 is 36.4 Å². The summed E-state index contributed by atoms with van der Waals surface area (Å²) in [4.78, 5) is 22.5. The monoisotopic (exact) mass is 390 g/mol. The Morgan fingerprint density at radius 3 is 2.46 bits per heavy atom. The van der Waals surface area contributed by atoms with Crippen molar-refractivity contribution in [3.8, 4) is 0 Å². The number of amides is 1. The molecular formula is C16H21Cl3N4O. The molecule has 0 saturated carbocycles. The Hall–Kier alpha value is -1.40. The second-order valence-corrected chi connectivity index (χ2v) is 5.38. The Labute approximate surface area is 159 Å². The number of aromatic nitrogens is 2. The molecule has 24 heavy (non-hydrogen) atoms. The molecule has 5 nitrogen and oxygen atoms in total.